The fraction of sp³-hybridized carbons (Fsp3) is 0. The van der Waals surface area contributed by atoms with Gasteiger partial charge in [0.25, 0.3) is 0 Å². The molecule has 0 amide bonds. The standard InChI is InChI=1S/HI5OSSi/c1-7(2,3,4,5)8-6/h8H. The van der Waals surface area contributed by atoms with Crippen LogP contribution in [-0.4, -0.2) is 8.56 Å². The molecule has 0 unspecified atom stereocenters. The van der Waals surface area contributed by atoms with Gasteiger partial charge in [-0.25, -0.2) is 0 Å². The first-order valence-electron chi connectivity index (χ1n) is 1.24. The van der Waals surface area contributed by atoms with E-state index in [1.54, 1.807) is 0 Å². The van der Waals surface area contributed by atoms with Crippen molar-refractivity contribution in [3.8, 4) is 0 Å². The normalized spacial score (nSPS) is 21.1. The molecule has 0 heterocycles. The van der Waals surface area contributed by atoms with E-state index in [2.05, 4.69) is 106 Å². The second-order valence-electron chi connectivity index (χ2n) is 1.12. The van der Waals surface area contributed by atoms with Gasteiger partial charge in [-0.1, -0.05) is 0 Å². The molecular formula is HI5OSSi. The minimum absolute atomic E-state index is 0.682. The Morgan fingerprint density at radius 1 is 1.00 bits per heavy atom. The molecule has 0 saturated carbocycles. The molecule has 1 nitrogen and oxygen atoms in total. The first-order chi connectivity index (χ1) is 3.04. The first kappa shape index (κ1) is 12.0. The molecule has 0 rings (SSSR count). The molecule has 0 aromatic carbocycles. The zero-order chi connectivity index (χ0) is 7.12. The van der Waals surface area contributed by atoms with Gasteiger partial charge >= 0.3 is 8.56 Å². The molecule has 0 aliphatic carbocycles. The van der Waals surface area contributed by atoms with Gasteiger partial charge in [-0.15, -0.1) is 0 Å². The lowest BCUT2D eigenvalue weighted by Gasteiger charge is -2.46. The largest absolute Gasteiger partial charge is 0.377 e. The summed E-state index contributed by atoms with van der Waals surface area (Å²) in [6, 6.07) is 0. The molecule has 0 aromatic rings. The van der Waals surface area contributed by atoms with E-state index in [1.807, 2.05) is 0 Å². The van der Waals surface area contributed by atoms with Crippen molar-refractivity contribution in [3.05, 3.63) is 0 Å². The van der Waals surface area contributed by atoms with Gasteiger partial charge in [-0.05, 0) is 99.6 Å². The highest BCUT2D eigenvalue weighted by Gasteiger charge is 2.49. The van der Waals surface area contributed by atoms with Crippen molar-refractivity contribution in [2.24, 2.45) is 0 Å². The van der Waals surface area contributed by atoms with Gasteiger partial charge in [-0.2, -0.15) is 0 Å². The lowest BCUT2D eigenvalue weighted by Crippen LogP contribution is -1.92. The maximum Gasteiger partial charge on any atom is 0.340 e. The molecule has 8 heavy (non-hydrogen) atoms. The quantitative estimate of drug-likeness (QED) is 0.293. The van der Waals surface area contributed by atoms with Crippen LogP contribution in [0.15, 0.2) is 0 Å². The summed E-state index contributed by atoms with van der Waals surface area (Å²) < 4.78 is 8.57. The molecule has 8 heteroatoms. The zero-order valence-electron chi connectivity index (χ0n) is 3.28. The smallest absolute Gasteiger partial charge is 0.340 e. The third-order valence-corrected chi connectivity index (χ3v) is 11.0. The lowest BCUT2D eigenvalue weighted by atomic mass is 16.0. The van der Waals surface area contributed by atoms with E-state index in [4.69, 9.17) is 0 Å². The van der Waals surface area contributed by atoms with Gasteiger partial charge in [-0.3, -0.25) is 0 Å². The number of rotatable bonds is 1. The summed E-state index contributed by atoms with van der Waals surface area (Å²) in [6.45, 7) is 0. The fourth-order valence-corrected chi connectivity index (χ4v) is 0. The fourth-order valence-electron chi connectivity index (χ4n) is 0. The van der Waals surface area contributed by atoms with Crippen LogP contribution in [0.1, 0.15) is 0 Å². The Kier molecular flexibility index (Phi) is 4.14. The molecular weight excluding hydrogens is 711 g/mol. The van der Waals surface area contributed by atoms with E-state index in [0.717, 1.165) is 0 Å². The molecule has 52 valence electrons. The van der Waals surface area contributed by atoms with Crippen molar-refractivity contribution in [2.75, 3.05) is 0 Å². The van der Waals surface area contributed by atoms with E-state index >= 15 is 0 Å². The van der Waals surface area contributed by atoms with Crippen molar-refractivity contribution >= 4 is 108 Å². The molecule has 0 aliphatic rings. The van der Waals surface area contributed by atoms with Gasteiger partial charge in [0.15, 0.2) is 0 Å². The van der Waals surface area contributed by atoms with Gasteiger partial charge in [0, 0.05) is 0 Å². The Labute approximate surface area is 109 Å². The maximum absolute atomic E-state index is 10.7. The van der Waals surface area contributed by atoms with E-state index in [0.29, 0.717) is 0 Å². The number of hydrogen-bond acceptors (Lipinski definition) is 1. The molecule has 0 spiro atoms. The number of halogens is 5. The van der Waals surface area contributed by atoms with Crippen LogP contribution in [0.2, 0.25) is 0 Å². The average Bonchev–Trinajstić information content (AvgIpc) is 1.30. The minimum atomic E-state index is -2.12. The van der Waals surface area contributed by atoms with Crippen LogP contribution in [0.5, 0.6) is 0 Å². The number of hydrogen-bond donors (Lipinski definition) is 0. The van der Waals surface area contributed by atoms with Gasteiger partial charge < -0.3 is 4.46 Å². The summed E-state index contributed by atoms with van der Waals surface area (Å²) in [5.41, 5.74) is 0. The minimum Gasteiger partial charge on any atom is -0.377 e. The summed E-state index contributed by atoms with van der Waals surface area (Å²) in [5, 5.41) is 0. The van der Waals surface area contributed by atoms with Crippen LogP contribution in [0, 0.1) is 0 Å². The van der Waals surface area contributed by atoms with E-state index in [1.165, 1.54) is 0 Å². The topological polar surface area (TPSA) is 17.1 Å². The van der Waals surface area contributed by atoms with E-state index in [9.17, 15) is 4.46 Å². The Balaban J connectivity index is 4.77. The summed E-state index contributed by atoms with van der Waals surface area (Å²) in [6.07, 6.45) is 0. The van der Waals surface area contributed by atoms with Gasteiger partial charge in [0.2, 0.25) is 0 Å². The van der Waals surface area contributed by atoms with E-state index < -0.39 is 2.16 Å². The van der Waals surface area contributed by atoms with Crippen LogP contribution >= 0.6 is 99.6 Å². The Morgan fingerprint density at radius 2 is 1.12 bits per heavy atom. The maximum atomic E-state index is 10.7. The molecule has 0 fully saturated rings. The summed E-state index contributed by atoms with van der Waals surface area (Å²) >= 11 is 11.5. The third kappa shape index (κ3) is 10.0. The van der Waals surface area contributed by atoms with Gasteiger partial charge in [0.05, 0.1) is 0 Å². The second kappa shape index (κ2) is 2.76. The zero-order valence-corrected chi connectivity index (χ0v) is 16.0. The highest BCUT2D eigenvalue weighted by molar-refractivity contribution is 14.7. The molecule has 0 aromatic heterocycles. The Hall–Kier alpha value is 4.02. The molecule has 0 N–H and O–H groups in total. The Morgan fingerprint density at radius 3 is 1.12 bits per heavy atom. The van der Waals surface area contributed by atoms with Crippen LogP contribution < -0.4 is 0 Å². The van der Waals surface area contributed by atoms with Crippen LogP contribution in [0.25, 0.3) is 0 Å². The monoisotopic (exact) mass is 711 g/mol. The van der Waals surface area contributed by atoms with E-state index in [-0.39, 0.29) is 0 Å². The summed E-state index contributed by atoms with van der Waals surface area (Å²) in [4.78, 5) is 0. The predicted octanol–water partition coefficient (Wildman–Crippen LogP) is 4.31. The second-order valence-corrected chi connectivity index (χ2v) is 106. The highest BCUT2D eigenvalue weighted by Crippen LogP contribution is 3.15. The lowest BCUT2D eigenvalue weighted by molar-refractivity contribution is 0.587. The van der Waals surface area contributed by atoms with Crippen LogP contribution in [-0.2, 0) is 4.46 Å². The molecule has 0 radical (unpaired) electrons. The van der Waals surface area contributed by atoms with Crippen LogP contribution in [0.4, 0.5) is 0 Å². The SMILES string of the molecule is O=[SiH]S(I)(I)(I)(I)I. The van der Waals surface area contributed by atoms with Gasteiger partial charge in [0.1, 0.15) is 0 Å². The Bertz CT molecular complexity index is 116. The van der Waals surface area contributed by atoms with Crippen molar-refractivity contribution in [1.29, 1.82) is 0 Å². The predicted molar refractivity (Wildman–Crippen MR) is 85.5 cm³/mol. The average molecular weight is 712 g/mol. The third-order valence-electron chi connectivity index (χ3n) is 0.182. The molecule has 0 bridgehead atoms. The molecule has 0 saturated heterocycles. The van der Waals surface area contributed by atoms with Crippen molar-refractivity contribution in [1.82, 2.24) is 0 Å². The van der Waals surface area contributed by atoms with Crippen molar-refractivity contribution in [3.63, 3.8) is 0 Å². The first-order valence-corrected chi connectivity index (χ1v) is 18.4. The highest BCUT2D eigenvalue weighted by atomic mass is 127. The molecule has 0 atom stereocenters. The van der Waals surface area contributed by atoms with Crippen molar-refractivity contribution < 1.29 is 4.46 Å². The van der Waals surface area contributed by atoms with Crippen molar-refractivity contribution in [2.45, 2.75) is 0 Å². The van der Waals surface area contributed by atoms with Crippen LogP contribution in [0.3, 0.4) is 0 Å². The summed E-state index contributed by atoms with van der Waals surface area (Å²) in [7, 11) is -0.682. The summed E-state index contributed by atoms with van der Waals surface area (Å²) in [5.74, 6) is 0. The molecule has 0 aliphatic heterocycles.